The predicted molar refractivity (Wildman–Crippen MR) is 111 cm³/mol. The first kappa shape index (κ1) is 21.4. The van der Waals surface area contributed by atoms with Crippen molar-refractivity contribution in [2.24, 2.45) is 0 Å². The molecule has 0 aliphatic carbocycles. The summed E-state index contributed by atoms with van der Waals surface area (Å²) in [6, 6.07) is 10.1. The molecular weight excluding hydrogens is 416 g/mol. The fourth-order valence-corrected chi connectivity index (χ4v) is 4.67. The molecule has 3 rings (SSSR count). The van der Waals surface area contributed by atoms with Gasteiger partial charge in [0.05, 0.1) is 20.0 Å². The lowest BCUT2D eigenvalue weighted by molar-refractivity contribution is 0.0956. The van der Waals surface area contributed by atoms with Gasteiger partial charge in [-0.2, -0.15) is 4.31 Å². The summed E-state index contributed by atoms with van der Waals surface area (Å²) < 4.78 is 37.5. The molecule has 0 atom stereocenters. The standard InChI is InChI=1S/C20H23ClN2O5S/c1-27-18-11-15-7-9-23(13-16(15)12-19(18)28-2)29(25,26)10-8-22-20(24)14-3-5-17(21)6-4-14/h3-6,11-12H,7-10,13H2,1-2H3,(H,22,24). The third-order valence-corrected chi connectivity index (χ3v) is 6.90. The van der Waals surface area contributed by atoms with Crippen molar-refractivity contribution in [2.75, 3.05) is 33.1 Å². The Bertz CT molecular complexity index is 993. The first-order valence-electron chi connectivity index (χ1n) is 9.09. The Morgan fingerprint density at radius 3 is 2.34 bits per heavy atom. The van der Waals surface area contributed by atoms with E-state index in [1.165, 1.54) is 4.31 Å². The predicted octanol–water partition coefficient (Wildman–Crippen LogP) is 2.48. The van der Waals surface area contributed by atoms with E-state index < -0.39 is 10.0 Å². The fraction of sp³-hybridized carbons (Fsp3) is 0.350. The van der Waals surface area contributed by atoms with Gasteiger partial charge in [-0.05, 0) is 53.9 Å². The van der Waals surface area contributed by atoms with Gasteiger partial charge in [0.15, 0.2) is 11.5 Å². The molecule has 156 valence electrons. The Morgan fingerprint density at radius 2 is 1.72 bits per heavy atom. The van der Waals surface area contributed by atoms with Crippen molar-refractivity contribution in [2.45, 2.75) is 13.0 Å². The number of hydrogen-bond acceptors (Lipinski definition) is 5. The Labute approximate surface area is 175 Å². The van der Waals surface area contributed by atoms with E-state index in [-0.39, 0.29) is 24.7 Å². The van der Waals surface area contributed by atoms with E-state index in [9.17, 15) is 13.2 Å². The van der Waals surface area contributed by atoms with Crippen molar-refractivity contribution in [3.05, 3.63) is 58.1 Å². The summed E-state index contributed by atoms with van der Waals surface area (Å²) in [5, 5.41) is 3.17. The molecule has 1 aliphatic rings. The number of carbonyl (C=O) groups is 1. The smallest absolute Gasteiger partial charge is 0.251 e. The molecule has 2 aromatic carbocycles. The molecule has 1 heterocycles. The number of hydrogen-bond donors (Lipinski definition) is 1. The van der Waals surface area contributed by atoms with Gasteiger partial charge >= 0.3 is 0 Å². The van der Waals surface area contributed by atoms with Crippen molar-refractivity contribution in [3.8, 4) is 11.5 Å². The third-order valence-electron chi connectivity index (χ3n) is 4.83. The molecule has 7 nitrogen and oxygen atoms in total. The molecule has 9 heteroatoms. The molecule has 0 bridgehead atoms. The number of halogens is 1. The first-order valence-corrected chi connectivity index (χ1v) is 11.1. The zero-order chi connectivity index (χ0) is 21.0. The fourth-order valence-electron chi connectivity index (χ4n) is 3.22. The summed E-state index contributed by atoms with van der Waals surface area (Å²) in [5.74, 6) is 0.695. The molecule has 29 heavy (non-hydrogen) atoms. The summed E-state index contributed by atoms with van der Waals surface area (Å²) >= 11 is 5.81. The van der Waals surface area contributed by atoms with E-state index in [1.807, 2.05) is 12.1 Å². The van der Waals surface area contributed by atoms with Crippen molar-refractivity contribution in [1.29, 1.82) is 0 Å². The maximum absolute atomic E-state index is 12.7. The van der Waals surface area contributed by atoms with E-state index >= 15 is 0 Å². The number of fused-ring (bicyclic) bond motifs is 1. The van der Waals surface area contributed by atoms with Crippen LogP contribution in [0.3, 0.4) is 0 Å². The van der Waals surface area contributed by atoms with Crippen LogP contribution in [-0.2, 0) is 23.0 Å². The molecule has 0 aromatic heterocycles. The number of amides is 1. The molecule has 1 N–H and O–H groups in total. The lowest BCUT2D eigenvalue weighted by Gasteiger charge is -2.29. The van der Waals surface area contributed by atoms with Crippen LogP contribution in [0.2, 0.25) is 5.02 Å². The summed E-state index contributed by atoms with van der Waals surface area (Å²) in [5.41, 5.74) is 2.37. The number of carbonyl (C=O) groups excluding carboxylic acids is 1. The van der Waals surface area contributed by atoms with E-state index in [2.05, 4.69) is 5.32 Å². The Kier molecular flexibility index (Phi) is 6.66. The van der Waals surface area contributed by atoms with Gasteiger partial charge in [-0.3, -0.25) is 4.79 Å². The molecule has 0 saturated carbocycles. The normalized spacial score (nSPS) is 14.2. The van der Waals surface area contributed by atoms with Gasteiger partial charge in [0, 0.05) is 30.2 Å². The molecular formula is C20H23ClN2O5S. The van der Waals surface area contributed by atoms with Gasteiger partial charge < -0.3 is 14.8 Å². The summed E-state index contributed by atoms with van der Waals surface area (Å²) in [6.07, 6.45) is 0.589. The van der Waals surface area contributed by atoms with Gasteiger partial charge in [0.2, 0.25) is 10.0 Å². The zero-order valence-electron chi connectivity index (χ0n) is 16.3. The average Bonchev–Trinajstić information content (AvgIpc) is 2.72. The highest BCUT2D eigenvalue weighted by atomic mass is 35.5. The lowest BCUT2D eigenvalue weighted by Crippen LogP contribution is -2.40. The highest BCUT2D eigenvalue weighted by Crippen LogP contribution is 2.33. The summed E-state index contributed by atoms with van der Waals surface area (Å²) in [6.45, 7) is 0.679. The number of benzene rings is 2. The number of methoxy groups -OCH3 is 2. The van der Waals surface area contributed by atoms with Crippen LogP contribution in [0.15, 0.2) is 36.4 Å². The van der Waals surface area contributed by atoms with Crippen LogP contribution in [0.1, 0.15) is 21.5 Å². The first-order chi connectivity index (χ1) is 13.8. The van der Waals surface area contributed by atoms with Crippen molar-refractivity contribution in [1.82, 2.24) is 9.62 Å². The van der Waals surface area contributed by atoms with Gasteiger partial charge in [-0.1, -0.05) is 11.6 Å². The maximum Gasteiger partial charge on any atom is 0.251 e. The van der Waals surface area contributed by atoms with Crippen molar-refractivity contribution >= 4 is 27.5 Å². The van der Waals surface area contributed by atoms with Crippen LogP contribution >= 0.6 is 11.6 Å². The highest BCUT2D eigenvalue weighted by Gasteiger charge is 2.27. The SMILES string of the molecule is COc1cc2c(cc1OC)CN(S(=O)(=O)CCNC(=O)c1ccc(Cl)cc1)CC2. The van der Waals surface area contributed by atoms with Crippen molar-refractivity contribution < 1.29 is 22.7 Å². The second-order valence-electron chi connectivity index (χ2n) is 6.64. The molecule has 1 amide bonds. The quantitative estimate of drug-likeness (QED) is 0.717. The van der Waals surface area contributed by atoms with Crippen LogP contribution in [0, 0.1) is 0 Å². The van der Waals surface area contributed by atoms with E-state index in [4.69, 9.17) is 21.1 Å². The molecule has 2 aromatic rings. The van der Waals surface area contributed by atoms with E-state index in [0.29, 0.717) is 35.1 Å². The number of nitrogens with one attached hydrogen (secondary N) is 1. The Hall–Kier alpha value is -2.29. The summed E-state index contributed by atoms with van der Waals surface area (Å²) in [7, 11) is -0.402. The van der Waals surface area contributed by atoms with E-state index in [0.717, 1.165) is 11.1 Å². The maximum atomic E-state index is 12.7. The van der Waals surface area contributed by atoms with Crippen LogP contribution in [0.4, 0.5) is 0 Å². The highest BCUT2D eigenvalue weighted by molar-refractivity contribution is 7.89. The van der Waals surface area contributed by atoms with E-state index in [1.54, 1.807) is 38.5 Å². The van der Waals surface area contributed by atoms with Crippen molar-refractivity contribution in [3.63, 3.8) is 0 Å². The zero-order valence-corrected chi connectivity index (χ0v) is 17.8. The monoisotopic (exact) mass is 438 g/mol. The third kappa shape index (κ3) is 5.01. The van der Waals surface area contributed by atoms with Gasteiger partial charge in [-0.25, -0.2) is 8.42 Å². The Balaban J connectivity index is 1.62. The topological polar surface area (TPSA) is 84.9 Å². The number of rotatable bonds is 7. The molecule has 0 unspecified atom stereocenters. The summed E-state index contributed by atoms with van der Waals surface area (Å²) in [4.78, 5) is 12.1. The minimum absolute atomic E-state index is 0.0269. The van der Waals surface area contributed by atoms with Gasteiger partial charge in [-0.15, -0.1) is 0 Å². The minimum Gasteiger partial charge on any atom is -0.493 e. The largest absolute Gasteiger partial charge is 0.493 e. The van der Waals surface area contributed by atoms with Gasteiger partial charge in [0.1, 0.15) is 0 Å². The number of sulfonamides is 1. The van der Waals surface area contributed by atoms with Gasteiger partial charge in [0.25, 0.3) is 5.91 Å². The minimum atomic E-state index is -3.52. The Morgan fingerprint density at radius 1 is 1.10 bits per heavy atom. The number of ether oxygens (including phenoxy) is 2. The average molecular weight is 439 g/mol. The molecule has 1 aliphatic heterocycles. The molecule has 0 radical (unpaired) electrons. The van der Waals surface area contributed by atoms with Crippen LogP contribution in [-0.4, -0.2) is 51.7 Å². The molecule has 0 spiro atoms. The molecule has 0 fully saturated rings. The second-order valence-corrected chi connectivity index (χ2v) is 9.16. The van der Waals surface area contributed by atoms with Crippen LogP contribution < -0.4 is 14.8 Å². The lowest BCUT2D eigenvalue weighted by atomic mass is 10.0. The van der Waals surface area contributed by atoms with Crippen LogP contribution in [0.5, 0.6) is 11.5 Å². The second kappa shape index (κ2) is 9.02. The van der Waals surface area contributed by atoms with Crippen LogP contribution in [0.25, 0.3) is 0 Å². The number of nitrogens with zero attached hydrogens (tertiary/aromatic N) is 1. The molecule has 0 saturated heterocycles.